The Bertz CT molecular complexity index is 550. The SMILES string of the molecule is CC(C)c1nsc(N2CC(C)C2c2ccccc2)n1. The van der Waals surface area contributed by atoms with Crippen LogP contribution in [-0.2, 0) is 0 Å². The van der Waals surface area contributed by atoms with E-state index < -0.39 is 0 Å². The van der Waals surface area contributed by atoms with Gasteiger partial charge in [-0.05, 0) is 11.5 Å². The Hall–Kier alpha value is -1.42. The zero-order valence-electron chi connectivity index (χ0n) is 11.6. The summed E-state index contributed by atoms with van der Waals surface area (Å²) in [4.78, 5) is 7.05. The number of rotatable bonds is 3. The van der Waals surface area contributed by atoms with Gasteiger partial charge in [0, 0.05) is 24.0 Å². The van der Waals surface area contributed by atoms with Crippen molar-refractivity contribution in [2.24, 2.45) is 5.92 Å². The van der Waals surface area contributed by atoms with Crippen LogP contribution >= 0.6 is 11.5 Å². The van der Waals surface area contributed by atoms with Gasteiger partial charge in [0.15, 0.2) is 0 Å². The number of anilines is 1. The molecule has 2 atom stereocenters. The third kappa shape index (κ3) is 2.25. The highest BCUT2D eigenvalue weighted by Crippen LogP contribution is 2.42. The molecular formula is C15H19N3S. The van der Waals surface area contributed by atoms with E-state index in [1.807, 2.05) is 0 Å². The highest BCUT2D eigenvalue weighted by molar-refractivity contribution is 7.09. The molecule has 1 aromatic carbocycles. The molecule has 1 fully saturated rings. The topological polar surface area (TPSA) is 29.0 Å². The van der Waals surface area contributed by atoms with Crippen molar-refractivity contribution >= 4 is 16.7 Å². The monoisotopic (exact) mass is 273 g/mol. The van der Waals surface area contributed by atoms with Gasteiger partial charge in [0.2, 0.25) is 5.13 Å². The van der Waals surface area contributed by atoms with Crippen LogP contribution < -0.4 is 4.90 Å². The second kappa shape index (κ2) is 4.93. The largest absolute Gasteiger partial charge is 0.339 e. The van der Waals surface area contributed by atoms with Gasteiger partial charge in [0.1, 0.15) is 5.82 Å². The average molecular weight is 273 g/mol. The van der Waals surface area contributed by atoms with Crippen LogP contribution in [0.15, 0.2) is 30.3 Å². The Morgan fingerprint density at radius 3 is 2.58 bits per heavy atom. The van der Waals surface area contributed by atoms with Gasteiger partial charge in [-0.2, -0.15) is 4.37 Å². The first-order chi connectivity index (χ1) is 9.16. The minimum atomic E-state index is 0.402. The molecule has 0 radical (unpaired) electrons. The number of benzene rings is 1. The molecule has 3 nitrogen and oxygen atoms in total. The summed E-state index contributed by atoms with van der Waals surface area (Å²) < 4.78 is 4.46. The Morgan fingerprint density at radius 2 is 2.00 bits per heavy atom. The molecule has 2 heterocycles. The summed E-state index contributed by atoms with van der Waals surface area (Å²) in [6.07, 6.45) is 0. The first kappa shape index (κ1) is 12.6. The third-order valence-electron chi connectivity index (χ3n) is 3.69. The van der Waals surface area contributed by atoms with Crippen LogP contribution in [0.2, 0.25) is 0 Å². The van der Waals surface area contributed by atoms with E-state index in [-0.39, 0.29) is 0 Å². The van der Waals surface area contributed by atoms with Crippen LogP contribution in [-0.4, -0.2) is 15.9 Å². The van der Waals surface area contributed by atoms with E-state index in [0.717, 1.165) is 17.5 Å². The maximum Gasteiger partial charge on any atom is 0.205 e. The highest BCUT2D eigenvalue weighted by Gasteiger charge is 2.38. The predicted molar refractivity (Wildman–Crippen MR) is 79.7 cm³/mol. The zero-order valence-corrected chi connectivity index (χ0v) is 12.4. The van der Waals surface area contributed by atoms with Crippen molar-refractivity contribution in [3.63, 3.8) is 0 Å². The summed E-state index contributed by atoms with van der Waals surface area (Å²) in [5, 5.41) is 1.07. The molecule has 1 saturated heterocycles. The first-order valence-corrected chi connectivity index (χ1v) is 7.59. The maximum absolute atomic E-state index is 4.68. The van der Waals surface area contributed by atoms with Crippen LogP contribution in [0.4, 0.5) is 5.13 Å². The fourth-order valence-electron chi connectivity index (χ4n) is 2.63. The fraction of sp³-hybridized carbons (Fsp3) is 0.467. The summed E-state index contributed by atoms with van der Waals surface area (Å²) in [5.74, 6) is 2.04. The lowest BCUT2D eigenvalue weighted by atomic mass is 9.85. The van der Waals surface area contributed by atoms with Crippen molar-refractivity contribution in [2.45, 2.75) is 32.7 Å². The maximum atomic E-state index is 4.68. The molecule has 1 aliphatic heterocycles. The van der Waals surface area contributed by atoms with E-state index in [0.29, 0.717) is 17.9 Å². The Labute approximate surface area is 118 Å². The fourth-order valence-corrected chi connectivity index (χ4v) is 3.48. The molecule has 0 bridgehead atoms. The quantitative estimate of drug-likeness (QED) is 0.850. The predicted octanol–water partition coefficient (Wildman–Crippen LogP) is 3.86. The first-order valence-electron chi connectivity index (χ1n) is 6.82. The minimum Gasteiger partial charge on any atom is -0.339 e. The minimum absolute atomic E-state index is 0.402. The lowest BCUT2D eigenvalue weighted by molar-refractivity contribution is 0.324. The second-order valence-electron chi connectivity index (χ2n) is 5.58. The number of aromatic nitrogens is 2. The Balaban J connectivity index is 1.85. The molecule has 1 aliphatic rings. The molecule has 0 amide bonds. The highest BCUT2D eigenvalue weighted by atomic mass is 32.1. The molecule has 0 spiro atoms. The lowest BCUT2D eigenvalue weighted by Crippen LogP contribution is -2.48. The summed E-state index contributed by atoms with van der Waals surface area (Å²) in [6, 6.07) is 11.2. The van der Waals surface area contributed by atoms with Crippen molar-refractivity contribution < 1.29 is 0 Å². The smallest absolute Gasteiger partial charge is 0.205 e. The van der Waals surface area contributed by atoms with Crippen LogP contribution in [0.25, 0.3) is 0 Å². The third-order valence-corrected chi connectivity index (χ3v) is 4.46. The van der Waals surface area contributed by atoms with Gasteiger partial charge in [-0.25, -0.2) is 4.98 Å². The number of hydrogen-bond acceptors (Lipinski definition) is 4. The van der Waals surface area contributed by atoms with Crippen molar-refractivity contribution in [1.29, 1.82) is 0 Å². The molecule has 3 rings (SSSR count). The summed E-state index contributed by atoms with van der Waals surface area (Å²) in [5.41, 5.74) is 1.38. The normalized spacial score (nSPS) is 22.6. The Kier molecular flexibility index (Phi) is 3.27. The molecule has 1 aromatic heterocycles. The molecule has 2 unspecified atom stereocenters. The molecule has 2 aromatic rings. The van der Waals surface area contributed by atoms with E-state index in [4.69, 9.17) is 0 Å². The second-order valence-corrected chi connectivity index (χ2v) is 6.31. The van der Waals surface area contributed by atoms with E-state index >= 15 is 0 Å². The average Bonchev–Trinajstić information content (AvgIpc) is 2.86. The van der Waals surface area contributed by atoms with Crippen molar-refractivity contribution in [3.8, 4) is 0 Å². The van der Waals surface area contributed by atoms with Crippen LogP contribution in [0.1, 0.15) is 44.1 Å². The van der Waals surface area contributed by atoms with Gasteiger partial charge in [-0.15, -0.1) is 0 Å². The van der Waals surface area contributed by atoms with Crippen molar-refractivity contribution in [3.05, 3.63) is 41.7 Å². The molecule has 0 saturated carbocycles. The van der Waals surface area contributed by atoms with Crippen LogP contribution in [0.3, 0.4) is 0 Å². The van der Waals surface area contributed by atoms with E-state index in [9.17, 15) is 0 Å². The zero-order chi connectivity index (χ0) is 13.4. The Morgan fingerprint density at radius 1 is 1.26 bits per heavy atom. The summed E-state index contributed by atoms with van der Waals surface area (Å²) >= 11 is 1.53. The lowest BCUT2D eigenvalue weighted by Gasteiger charge is -2.46. The van der Waals surface area contributed by atoms with Gasteiger partial charge in [-0.3, -0.25) is 0 Å². The van der Waals surface area contributed by atoms with Gasteiger partial charge >= 0.3 is 0 Å². The van der Waals surface area contributed by atoms with Gasteiger partial charge in [0.05, 0.1) is 6.04 Å². The molecular weight excluding hydrogens is 254 g/mol. The van der Waals surface area contributed by atoms with Gasteiger partial charge in [-0.1, -0.05) is 51.1 Å². The van der Waals surface area contributed by atoms with Gasteiger partial charge < -0.3 is 4.90 Å². The standard InChI is InChI=1S/C15H19N3S/c1-10(2)14-16-15(19-17-14)18-9-11(3)13(18)12-7-5-4-6-8-12/h4-8,10-11,13H,9H2,1-3H3. The molecule has 0 aliphatic carbocycles. The summed E-state index contributed by atoms with van der Waals surface area (Å²) in [6.45, 7) is 7.66. The summed E-state index contributed by atoms with van der Waals surface area (Å²) in [7, 11) is 0. The molecule has 19 heavy (non-hydrogen) atoms. The van der Waals surface area contributed by atoms with Crippen molar-refractivity contribution in [2.75, 3.05) is 11.4 Å². The van der Waals surface area contributed by atoms with Crippen molar-refractivity contribution in [1.82, 2.24) is 9.36 Å². The van der Waals surface area contributed by atoms with Crippen LogP contribution in [0, 0.1) is 5.92 Å². The molecule has 4 heteroatoms. The molecule has 0 N–H and O–H groups in total. The number of hydrogen-bond donors (Lipinski definition) is 0. The van der Waals surface area contributed by atoms with E-state index in [1.165, 1.54) is 17.1 Å². The van der Waals surface area contributed by atoms with E-state index in [2.05, 4.69) is 65.4 Å². The molecule has 100 valence electrons. The van der Waals surface area contributed by atoms with Gasteiger partial charge in [0.25, 0.3) is 0 Å². The van der Waals surface area contributed by atoms with E-state index in [1.54, 1.807) is 0 Å². The van der Waals surface area contributed by atoms with Crippen LogP contribution in [0.5, 0.6) is 0 Å². The number of nitrogens with zero attached hydrogens (tertiary/aromatic N) is 3.